The fraction of sp³-hybridized carbons (Fsp3) is 1.00. The lowest BCUT2D eigenvalue weighted by Gasteiger charge is -2.30. The van der Waals surface area contributed by atoms with Crippen molar-refractivity contribution in [1.82, 2.24) is 0 Å². The summed E-state index contributed by atoms with van der Waals surface area (Å²) in [5, 5.41) is 10.2. The van der Waals surface area contributed by atoms with Crippen molar-refractivity contribution in [2.45, 2.75) is 52.6 Å². The van der Waals surface area contributed by atoms with Crippen LogP contribution in [-0.4, -0.2) is 10.7 Å². The van der Waals surface area contributed by atoms with Crippen LogP contribution in [0.2, 0.25) is 0 Å². The molecule has 0 aromatic heterocycles. The molecule has 5 atom stereocenters. The summed E-state index contributed by atoms with van der Waals surface area (Å²) in [5.74, 6) is 3.97. The Morgan fingerprint density at radius 3 is 2.29 bits per heavy atom. The van der Waals surface area contributed by atoms with Crippen LogP contribution in [0.5, 0.6) is 0 Å². The molecular formula is C13H24O. The van der Waals surface area contributed by atoms with Crippen LogP contribution in [0, 0.1) is 29.6 Å². The maximum Gasteiger partial charge on any atom is 0.0622 e. The van der Waals surface area contributed by atoms with E-state index >= 15 is 0 Å². The highest BCUT2D eigenvalue weighted by Gasteiger charge is 2.51. The molecule has 2 fully saturated rings. The molecule has 0 bridgehead atoms. The molecule has 2 saturated carbocycles. The van der Waals surface area contributed by atoms with Gasteiger partial charge >= 0.3 is 0 Å². The van der Waals surface area contributed by atoms with Crippen LogP contribution in [0.25, 0.3) is 0 Å². The lowest BCUT2D eigenvalue weighted by Crippen LogP contribution is -2.33. The minimum atomic E-state index is -0.461. The van der Waals surface area contributed by atoms with Crippen molar-refractivity contribution >= 4 is 0 Å². The Kier molecular flexibility index (Phi) is 2.42. The van der Waals surface area contributed by atoms with Gasteiger partial charge in [0.15, 0.2) is 0 Å². The average molecular weight is 196 g/mol. The van der Waals surface area contributed by atoms with E-state index in [0.717, 1.165) is 23.7 Å². The van der Waals surface area contributed by atoms with Crippen molar-refractivity contribution in [2.75, 3.05) is 0 Å². The van der Waals surface area contributed by atoms with E-state index in [0.29, 0.717) is 5.92 Å². The molecule has 82 valence electrons. The second kappa shape index (κ2) is 3.23. The predicted molar refractivity (Wildman–Crippen MR) is 58.9 cm³/mol. The van der Waals surface area contributed by atoms with Crippen LogP contribution in [-0.2, 0) is 0 Å². The molecule has 0 aromatic rings. The normalized spacial score (nSPS) is 48.2. The van der Waals surface area contributed by atoms with Crippen molar-refractivity contribution in [3.8, 4) is 0 Å². The summed E-state index contributed by atoms with van der Waals surface area (Å²) < 4.78 is 0. The number of hydrogen-bond acceptors (Lipinski definition) is 1. The Labute approximate surface area is 87.9 Å². The molecule has 0 aromatic carbocycles. The highest BCUT2D eigenvalue weighted by molar-refractivity contribution is 5.00. The zero-order valence-corrected chi connectivity index (χ0v) is 9.96. The Balaban J connectivity index is 2.18. The van der Waals surface area contributed by atoms with Crippen molar-refractivity contribution in [1.29, 1.82) is 0 Å². The number of fused-ring (bicyclic) bond motifs is 1. The van der Waals surface area contributed by atoms with E-state index in [-0.39, 0.29) is 0 Å². The van der Waals surface area contributed by atoms with E-state index in [2.05, 4.69) is 13.8 Å². The smallest absolute Gasteiger partial charge is 0.0622 e. The average Bonchev–Trinajstić information content (AvgIpc) is 2.54. The molecule has 1 N–H and O–H groups in total. The van der Waals surface area contributed by atoms with E-state index in [1.165, 1.54) is 19.3 Å². The molecule has 0 radical (unpaired) electrons. The summed E-state index contributed by atoms with van der Waals surface area (Å²) in [6.45, 7) is 8.77. The Morgan fingerprint density at radius 1 is 1.07 bits per heavy atom. The van der Waals surface area contributed by atoms with E-state index in [1.54, 1.807) is 0 Å². The first-order valence-electron chi connectivity index (χ1n) is 6.13. The van der Waals surface area contributed by atoms with Crippen LogP contribution in [0.4, 0.5) is 0 Å². The maximum atomic E-state index is 10.2. The molecule has 5 unspecified atom stereocenters. The van der Waals surface area contributed by atoms with Gasteiger partial charge in [-0.05, 0) is 56.3 Å². The first-order valence-corrected chi connectivity index (χ1v) is 6.13. The Bertz CT molecular complexity index is 216. The van der Waals surface area contributed by atoms with Gasteiger partial charge in [-0.15, -0.1) is 0 Å². The third kappa shape index (κ3) is 1.50. The molecule has 0 aliphatic heterocycles. The van der Waals surface area contributed by atoms with Crippen molar-refractivity contribution in [3.63, 3.8) is 0 Å². The van der Waals surface area contributed by atoms with Gasteiger partial charge in [-0.2, -0.15) is 0 Å². The summed E-state index contributed by atoms with van der Waals surface area (Å²) in [6, 6.07) is 0. The van der Waals surface area contributed by atoms with E-state index in [9.17, 15) is 5.11 Å². The van der Waals surface area contributed by atoms with Gasteiger partial charge in [0.05, 0.1) is 5.60 Å². The first kappa shape index (κ1) is 10.5. The van der Waals surface area contributed by atoms with Crippen LogP contribution in [0.1, 0.15) is 47.0 Å². The minimum Gasteiger partial charge on any atom is -0.390 e. The quantitative estimate of drug-likeness (QED) is 0.683. The third-order valence-corrected chi connectivity index (χ3v) is 4.81. The fourth-order valence-electron chi connectivity index (χ4n) is 4.26. The summed E-state index contributed by atoms with van der Waals surface area (Å²) in [5.41, 5.74) is -0.461. The summed E-state index contributed by atoms with van der Waals surface area (Å²) in [7, 11) is 0. The molecule has 0 heterocycles. The molecule has 0 amide bonds. The zero-order chi connectivity index (χ0) is 10.5. The summed E-state index contributed by atoms with van der Waals surface area (Å²) >= 11 is 0. The summed E-state index contributed by atoms with van der Waals surface area (Å²) in [4.78, 5) is 0. The molecule has 1 nitrogen and oxygen atoms in total. The number of aliphatic hydroxyl groups is 1. The van der Waals surface area contributed by atoms with Gasteiger partial charge in [0.25, 0.3) is 0 Å². The van der Waals surface area contributed by atoms with Crippen LogP contribution in [0.3, 0.4) is 0 Å². The molecule has 14 heavy (non-hydrogen) atoms. The van der Waals surface area contributed by atoms with Gasteiger partial charge in [0, 0.05) is 0 Å². The standard InChI is InChI=1S/C13H24O/c1-8-5-6-10-11(13(3,4)14)7-9(2)12(8)10/h8-12,14H,5-7H2,1-4H3. The highest BCUT2D eigenvalue weighted by atomic mass is 16.3. The topological polar surface area (TPSA) is 20.2 Å². The third-order valence-electron chi connectivity index (χ3n) is 4.81. The van der Waals surface area contributed by atoms with E-state index in [4.69, 9.17) is 0 Å². The molecule has 1 heteroatoms. The van der Waals surface area contributed by atoms with Crippen molar-refractivity contribution < 1.29 is 5.11 Å². The first-order chi connectivity index (χ1) is 6.41. The molecule has 2 rings (SSSR count). The van der Waals surface area contributed by atoms with Crippen LogP contribution < -0.4 is 0 Å². The molecular weight excluding hydrogens is 172 g/mol. The van der Waals surface area contributed by atoms with Gasteiger partial charge in [-0.25, -0.2) is 0 Å². The van der Waals surface area contributed by atoms with Gasteiger partial charge < -0.3 is 5.11 Å². The van der Waals surface area contributed by atoms with Gasteiger partial charge in [-0.3, -0.25) is 0 Å². The van der Waals surface area contributed by atoms with E-state index in [1.807, 2.05) is 13.8 Å². The summed E-state index contributed by atoms with van der Waals surface area (Å²) in [6.07, 6.45) is 3.97. The monoisotopic (exact) mass is 196 g/mol. The van der Waals surface area contributed by atoms with Crippen molar-refractivity contribution in [3.05, 3.63) is 0 Å². The number of rotatable bonds is 1. The van der Waals surface area contributed by atoms with Gasteiger partial charge in [-0.1, -0.05) is 20.3 Å². The molecule has 2 aliphatic carbocycles. The van der Waals surface area contributed by atoms with Gasteiger partial charge in [0.1, 0.15) is 0 Å². The van der Waals surface area contributed by atoms with E-state index < -0.39 is 5.60 Å². The second-order valence-corrected chi connectivity index (χ2v) is 6.27. The van der Waals surface area contributed by atoms with Crippen LogP contribution >= 0.6 is 0 Å². The lowest BCUT2D eigenvalue weighted by molar-refractivity contribution is -0.00288. The molecule has 0 saturated heterocycles. The maximum absolute atomic E-state index is 10.2. The highest BCUT2D eigenvalue weighted by Crippen LogP contribution is 2.56. The largest absolute Gasteiger partial charge is 0.390 e. The SMILES string of the molecule is CC1CCC2C1C(C)CC2C(C)(C)O. The number of hydrogen-bond donors (Lipinski definition) is 1. The fourth-order valence-corrected chi connectivity index (χ4v) is 4.26. The minimum absolute atomic E-state index is 0.461. The zero-order valence-electron chi connectivity index (χ0n) is 9.96. The Morgan fingerprint density at radius 2 is 1.71 bits per heavy atom. The predicted octanol–water partition coefficient (Wildman–Crippen LogP) is 3.08. The lowest BCUT2D eigenvalue weighted by atomic mass is 9.80. The van der Waals surface area contributed by atoms with Crippen molar-refractivity contribution in [2.24, 2.45) is 29.6 Å². The molecule has 0 spiro atoms. The second-order valence-electron chi connectivity index (χ2n) is 6.27. The molecule has 2 aliphatic rings. The Hall–Kier alpha value is -0.0400. The van der Waals surface area contributed by atoms with Crippen LogP contribution in [0.15, 0.2) is 0 Å². The van der Waals surface area contributed by atoms with Gasteiger partial charge in [0.2, 0.25) is 0 Å².